The number of carbonyl (C=O) groups is 1. The molecular weight excluding hydrogens is 294 g/mol. The first-order chi connectivity index (χ1) is 9.70. The molecule has 0 heterocycles. The third-order valence-electron chi connectivity index (χ3n) is 1.51. The van der Waals surface area contributed by atoms with Gasteiger partial charge < -0.3 is 14.8 Å². The zero-order valence-electron chi connectivity index (χ0n) is 13.5. The number of thiol groups is 1. The second-order valence-electron chi connectivity index (χ2n) is 2.80. The van der Waals surface area contributed by atoms with Gasteiger partial charge in [0.15, 0.2) is 0 Å². The molecule has 0 aliphatic carbocycles. The molecule has 0 aromatic rings. The molecule has 0 bridgehead atoms. The van der Waals surface area contributed by atoms with Gasteiger partial charge in [-0.2, -0.15) is 0 Å². The smallest absolute Gasteiger partial charge is 0.246 e. The van der Waals surface area contributed by atoms with Gasteiger partial charge in [0.1, 0.15) is 12.0 Å². The lowest BCUT2D eigenvalue weighted by molar-refractivity contribution is -0.126. The number of hydrogen-bond acceptors (Lipinski definition) is 5. The highest BCUT2D eigenvalue weighted by Gasteiger charge is 2.01. The third kappa shape index (κ3) is 22.8. The first-order valence-corrected chi connectivity index (χ1v) is 8.79. The molecule has 4 nitrogen and oxygen atoms in total. The molecule has 0 spiro atoms. The van der Waals surface area contributed by atoms with Crippen molar-refractivity contribution in [3.8, 4) is 11.8 Å². The highest BCUT2D eigenvalue weighted by molar-refractivity contribution is 8.68. The molecule has 6 heteroatoms. The van der Waals surface area contributed by atoms with Crippen LogP contribution in [0.2, 0.25) is 0 Å². The fourth-order valence-corrected chi connectivity index (χ4v) is 1.09. The van der Waals surface area contributed by atoms with Gasteiger partial charge in [0, 0.05) is 0 Å². The van der Waals surface area contributed by atoms with Crippen LogP contribution in [-0.4, -0.2) is 37.7 Å². The Hall–Kier alpha value is -0.350. The van der Waals surface area contributed by atoms with Crippen LogP contribution in [-0.2, 0) is 14.3 Å². The lowest BCUT2D eigenvalue weighted by Crippen LogP contribution is -2.28. The van der Waals surface area contributed by atoms with E-state index in [1.807, 2.05) is 34.6 Å². The van der Waals surface area contributed by atoms with E-state index < -0.39 is 0 Å². The van der Waals surface area contributed by atoms with Crippen molar-refractivity contribution >= 4 is 28.4 Å². The Morgan fingerprint density at radius 2 is 1.90 bits per heavy atom. The van der Waals surface area contributed by atoms with Crippen molar-refractivity contribution in [2.24, 2.45) is 0 Å². The Morgan fingerprint density at radius 3 is 2.40 bits per heavy atom. The highest BCUT2D eigenvalue weighted by atomic mass is 33.1. The van der Waals surface area contributed by atoms with Crippen molar-refractivity contribution < 1.29 is 14.3 Å². The van der Waals surface area contributed by atoms with E-state index in [9.17, 15) is 4.79 Å². The third-order valence-corrected chi connectivity index (χ3v) is 2.84. The average Bonchev–Trinajstić information content (AvgIpc) is 2.51. The summed E-state index contributed by atoms with van der Waals surface area (Å²) in [6, 6.07) is 0. The maximum atomic E-state index is 11.1. The summed E-state index contributed by atoms with van der Waals surface area (Å²) in [4.78, 5) is 11.1. The Bertz CT molecular complexity index is 253. The van der Waals surface area contributed by atoms with Crippen LogP contribution >= 0.6 is 22.5 Å². The molecule has 1 N–H and O–H groups in total. The number of nitrogens with one attached hydrogen (secondary N) is 1. The standard InChI is InChI=1S/C10H17NO3S2.2C2H6/c1-3-4-5-11-10(12)8-13-6-7-14-9(2)16-15;2*1-2/h9,15H,5-8H2,1-2H3,(H,11,12);2*1-2H3. The van der Waals surface area contributed by atoms with Crippen molar-refractivity contribution in [2.45, 2.75) is 47.0 Å². The van der Waals surface area contributed by atoms with E-state index in [-0.39, 0.29) is 18.0 Å². The maximum absolute atomic E-state index is 11.1. The molecule has 0 aliphatic rings. The van der Waals surface area contributed by atoms with Crippen LogP contribution in [0.15, 0.2) is 0 Å². The SMILES string of the molecule is CC.CC.CC#CCNC(=O)COCCOC(C)SS. The lowest BCUT2D eigenvalue weighted by Gasteiger charge is -2.09. The number of carbonyl (C=O) groups excluding carboxylic acids is 1. The van der Waals surface area contributed by atoms with E-state index in [0.29, 0.717) is 19.8 Å². The van der Waals surface area contributed by atoms with Crippen LogP contribution in [0.25, 0.3) is 0 Å². The van der Waals surface area contributed by atoms with Gasteiger partial charge in [-0.05, 0) is 13.8 Å². The zero-order valence-corrected chi connectivity index (χ0v) is 15.2. The van der Waals surface area contributed by atoms with E-state index in [1.54, 1.807) is 6.92 Å². The van der Waals surface area contributed by atoms with Crippen molar-refractivity contribution in [1.29, 1.82) is 0 Å². The van der Waals surface area contributed by atoms with E-state index in [1.165, 1.54) is 10.8 Å². The van der Waals surface area contributed by atoms with E-state index >= 15 is 0 Å². The van der Waals surface area contributed by atoms with Gasteiger partial charge in [0.25, 0.3) is 0 Å². The van der Waals surface area contributed by atoms with Gasteiger partial charge in [-0.15, -0.1) is 17.6 Å². The van der Waals surface area contributed by atoms with Crippen molar-refractivity contribution in [3.63, 3.8) is 0 Å². The molecule has 120 valence electrons. The Kier molecular flexibility index (Phi) is 29.2. The minimum Gasteiger partial charge on any atom is -0.369 e. The molecule has 1 amide bonds. The summed E-state index contributed by atoms with van der Waals surface area (Å²) < 4.78 is 10.4. The molecular formula is C14H29NO3S2. The van der Waals surface area contributed by atoms with Crippen LogP contribution in [0.1, 0.15) is 41.5 Å². The molecule has 20 heavy (non-hydrogen) atoms. The summed E-state index contributed by atoms with van der Waals surface area (Å²) in [7, 11) is 1.32. The molecule has 0 radical (unpaired) electrons. The molecule has 0 aromatic heterocycles. The summed E-state index contributed by atoms with van der Waals surface area (Å²) in [5.74, 6) is 5.25. The second kappa shape index (κ2) is 23.7. The van der Waals surface area contributed by atoms with Crippen LogP contribution in [0.3, 0.4) is 0 Å². The largest absolute Gasteiger partial charge is 0.369 e. The predicted molar refractivity (Wildman–Crippen MR) is 92.0 cm³/mol. The summed E-state index contributed by atoms with van der Waals surface area (Å²) in [6.07, 6.45) is 0. The molecule has 0 rings (SSSR count). The number of amides is 1. The average molecular weight is 324 g/mol. The quantitative estimate of drug-likeness (QED) is 0.237. The van der Waals surface area contributed by atoms with E-state index in [0.717, 1.165) is 0 Å². The Labute approximate surface area is 133 Å². The number of rotatable bonds is 8. The maximum Gasteiger partial charge on any atom is 0.246 e. The van der Waals surface area contributed by atoms with Gasteiger partial charge >= 0.3 is 0 Å². The minimum atomic E-state index is -0.167. The summed E-state index contributed by atoms with van der Waals surface area (Å²) in [5, 5.41) is 2.60. The molecule has 0 aromatic carbocycles. The van der Waals surface area contributed by atoms with Crippen LogP contribution < -0.4 is 5.32 Å². The predicted octanol–water partition coefficient (Wildman–Crippen LogP) is 3.14. The second-order valence-corrected chi connectivity index (χ2v) is 4.31. The van der Waals surface area contributed by atoms with Crippen LogP contribution in [0, 0.1) is 11.8 Å². The topological polar surface area (TPSA) is 47.6 Å². The van der Waals surface area contributed by atoms with E-state index in [2.05, 4.69) is 28.8 Å². The Balaban J connectivity index is -0.000000656. The molecule has 0 aliphatic heterocycles. The van der Waals surface area contributed by atoms with Crippen LogP contribution in [0.4, 0.5) is 0 Å². The van der Waals surface area contributed by atoms with Gasteiger partial charge in [0.2, 0.25) is 5.91 Å². The van der Waals surface area contributed by atoms with Gasteiger partial charge in [0.05, 0.1) is 19.8 Å². The minimum absolute atomic E-state index is 0.0283. The van der Waals surface area contributed by atoms with Crippen molar-refractivity contribution in [3.05, 3.63) is 0 Å². The van der Waals surface area contributed by atoms with Crippen molar-refractivity contribution in [1.82, 2.24) is 5.32 Å². The summed E-state index contributed by atoms with van der Waals surface area (Å²) >= 11 is 3.99. The molecule has 0 saturated heterocycles. The van der Waals surface area contributed by atoms with Gasteiger partial charge in [-0.25, -0.2) is 0 Å². The number of ether oxygens (including phenoxy) is 2. The lowest BCUT2D eigenvalue weighted by atomic mass is 10.5. The van der Waals surface area contributed by atoms with Crippen molar-refractivity contribution in [2.75, 3.05) is 26.4 Å². The molecule has 1 atom stereocenters. The van der Waals surface area contributed by atoms with Gasteiger partial charge in [-0.3, -0.25) is 4.79 Å². The number of hydrogen-bond donors (Lipinski definition) is 2. The molecule has 1 unspecified atom stereocenters. The summed E-state index contributed by atoms with van der Waals surface area (Å²) in [5.41, 5.74) is 0.0283. The van der Waals surface area contributed by atoms with Gasteiger partial charge in [-0.1, -0.05) is 44.4 Å². The Morgan fingerprint density at radius 1 is 1.30 bits per heavy atom. The fourth-order valence-electron chi connectivity index (χ4n) is 0.750. The first-order valence-electron chi connectivity index (χ1n) is 6.86. The normalized spacial score (nSPS) is 9.75. The summed E-state index contributed by atoms with van der Waals surface area (Å²) in [6.45, 7) is 12.9. The fraction of sp³-hybridized carbons (Fsp3) is 0.786. The zero-order chi connectivity index (χ0) is 16.2. The van der Waals surface area contributed by atoms with Crippen LogP contribution in [0.5, 0.6) is 0 Å². The first kappa shape index (κ1) is 24.7. The molecule has 0 fully saturated rings. The van der Waals surface area contributed by atoms with E-state index in [4.69, 9.17) is 9.47 Å². The highest BCUT2D eigenvalue weighted by Crippen LogP contribution is 2.14. The monoisotopic (exact) mass is 323 g/mol. The molecule has 0 saturated carbocycles.